The zero-order chi connectivity index (χ0) is 18.5. The van der Waals surface area contributed by atoms with Gasteiger partial charge in [-0.05, 0) is 42.5 Å². The molecule has 0 unspecified atom stereocenters. The van der Waals surface area contributed by atoms with Crippen LogP contribution in [0, 0.1) is 0 Å². The fourth-order valence-corrected chi connectivity index (χ4v) is 2.71. The van der Waals surface area contributed by atoms with Gasteiger partial charge in [0.15, 0.2) is 0 Å². The Morgan fingerprint density at radius 1 is 0.704 bits per heavy atom. The number of benzene rings is 3. The van der Waals surface area contributed by atoms with E-state index in [0.717, 1.165) is 22.3 Å². The molecule has 0 saturated carbocycles. The highest BCUT2D eigenvalue weighted by Gasteiger charge is 2.08. The fraction of sp³-hybridized carbons (Fsp3) is 0. The summed E-state index contributed by atoms with van der Waals surface area (Å²) < 4.78 is 0. The van der Waals surface area contributed by atoms with Crippen LogP contribution in [0.4, 0.5) is 27.7 Å². The van der Waals surface area contributed by atoms with Crippen LogP contribution in [0.2, 0.25) is 0 Å². The molecule has 0 bridgehead atoms. The first-order valence-corrected chi connectivity index (χ1v) is 8.48. The molecule has 0 saturated heterocycles. The zero-order valence-corrected chi connectivity index (χ0v) is 14.4. The normalized spacial score (nSPS) is 10.4. The Balaban J connectivity index is 1.57. The number of aromatic nitrogens is 2. The second kappa shape index (κ2) is 7.53. The van der Waals surface area contributed by atoms with Gasteiger partial charge in [-0.15, -0.1) is 0 Å². The van der Waals surface area contributed by atoms with Crippen molar-refractivity contribution in [2.24, 2.45) is 0 Å². The van der Waals surface area contributed by atoms with Gasteiger partial charge >= 0.3 is 6.03 Å². The molecule has 6 nitrogen and oxygen atoms in total. The van der Waals surface area contributed by atoms with Crippen molar-refractivity contribution in [1.82, 2.24) is 9.97 Å². The number of hydrogen-bond acceptors (Lipinski definition) is 4. The number of amides is 2. The molecular formula is C21H17N5O. The number of carbonyl (C=O) groups is 1. The van der Waals surface area contributed by atoms with E-state index in [0.29, 0.717) is 11.5 Å². The molecule has 4 rings (SSSR count). The van der Waals surface area contributed by atoms with E-state index in [1.165, 1.54) is 6.33 Å². The Morgan fingerprint density at radius 2 is 1.37 bits per heavy atom. The molecule has 1 aromatic heterocycles. The molecule has 3 N–H and O–H groups in total. The quantitative estimate of drug-likeness (QED) is 0.480. The standard InChI is InChI=1S/C21H17N5O/c27-21(25-16-9-5-2-6-10-16)26-17-11-12-19-18(13-17)20(23-14-22-19)24-15-7-3-1-4-8-15/h1-14H,(H,22,23,24)(H2,25,26,27). The number of rotatable bonds is 4. The summed E-state index contributed by atoms with van der Waals surface area (Å²) in [5, 5.41) is 9.74. The second-order valence-electron chi connectivity index (χ2n) is 5.89. The van der Waals surface area contributed by atoms with E-state index >= 15 is 0 Å². The van der Waals surface area contributed by atoms with Gasteiger partial charge in [0.2, 0.25) is 0 Å². The number of fused-ring (bicyclic) bond motifs is 1. The van der Waals surface area contributed by atoms with Crippen LogP contribution in [-0.4, -0.2) is 16.0 Å². The minimum atomic E-state index is -0.310. The van der Waals surface area contributed by atoms with Crippen molar-refractivity contribution < 1.29 is 4.79 Å². The number of carbonyl (C=O) groups excluding carboxylic acids is 1. The lowest BCUT2D eigenvalue weighted by atomic mass is 10.2. The number of para-hydroxylation sites is 2. The van der Waals surface area contributed by atoms with E-state index in [4.69, 9.17) is 0 Å². The highest BCUT2D eigenvalue weighted by atomic mass is 16.2. The summed E-state index contributed by atoms with van der Waals surface area (Å²) in [6, 6.07) is 24.3. The van der Waals surface area contributed by atoms with Crippen molar-refractivity contribution in [3.63, 3.8) is 0 Å². The van der Waals surface area contributed by atoms with Gasteiger partial charge in [0.25, 0.3) is 0 Å². The third kappa shape index (κ3) is 4.01. The number of nitrogens with one attached hydrogen (secondary N) is 3. The van der Waals surface area contributed by atoms with Crippen molar-refractivity contribution in [3.8, 4) is 0 Å². The molecule has 27 heavy (non-hydrogen) atoms. The van der Waals surface area contributed by atoms with Crippen LogP contribution in [0.25, 0.3) is 10.9 Å². The first-order chi connectivity index (χ1) is 13.3. The van der Waals surface area contributed by atoms with Gasteiger partial charge in [-0.25, -0.2) is 14.8 Å². The topological polar surface area (TPSA) is 78.9 Å². The summed E-state index contributed by atoms with van der Waals surface area (Å²) in [4.78, 5) is 20.9. The molecule has 132 valence electrons. The number of nitrogens with zero attached hydrogens (tertiary/aromatic N) is 2. The Hall–Kier alpha value is -3.93. The smallest absolute Gasteiger partial charge is 0.323 e. The van der Waals surface area contributed by atoms with E-state index in [9.17, 15) is 4.79 Å². The third-order valence-electron chi connectivity index (χ3n) is 3.96. The predicted octanol–water partition coefficient (Wildman–Crippen LogP) is 5.02. The molecule has 0 fully saturated rings. The van der Waals surface area contributed by atoms with Gasteiger partial charge in [0.05, 0.1) is 5.52 Å². The van der Waals surface area contributed by atoms with Gasteiger partial charge in [-0.3, -0.25) is 0 Å². The maximum atomic E-state index is 12.2. The highest BCUT2D eigenvalue weighted by molar-refractivity contribution is 6.02. The van der Waals surface area contributed by atoms with E-state index in [1.54, 1.807) is 0 Å². The van der Waals surface area contributed by atoms with Gasteiger partial charge in [-0.1, -0.05) is 36.4 Å². The van der Waals surface area contributed by atoms with Crippen LogP contribution in [0.3, 0.4) is 0 Å². The number of hydrogen-bond donors (Lipinski definition) is 3. The largest absolute Gasteiger partial charge is 0.340 e. The van der Waals surface area contributed by atoms with Crippen molar-refractivity contribution in [1.29, 1.82) is 0 Å². The van der Waals surface area contributed by atoms with Crippen molar-refractivity contribution in [2.45, 2.75) is 0 Å². The van der Waals surface area contributed by atoms with E-state index in [1.807, 2.05) is 78.9 Å². The van der Waals surface area contributed by atoms with Gasteiger partial charge in [0, 0.05) is 22.4 Å². The summed E-state index contributed by atoms with van der Waals surface area (Å²) in [5.74, 6) is 0.679. The summed E-state index contributed by atoms with van der Waals surface area (Å²) in [5.41, 5.74) is 3.10. The number of urea groups is 1. The SMILES string of the molecule is O=C(Nc1ccccc1)Nc1ccc2ncnc(Nc3ccccc3)c2c1. The average molecular weight is 355 g/mol. The molecule has 2 amide bonds. The van der Waals surface area contributed by atoms with E-state index in [2.05, 4.69) is 25.9 Å². The zero-order valence-electron chi connectivity index (χ0n) is 14.4. The third-order valence-corrected chi connectivity index (χ3v) is 3.96. The average Bonchev–Trinajstić information content (AvgIpc) is 2.70. The molecule has 0 spiro atoms. The first-order valence-electron chi connectivity index (χ1n) is 8.48. The van der Waals surface area contributed by atoms with Crippen molar-refractivity contribution in [3.05, 3.63) is 85.2 Å². The molecule has 0 radical (unpaired) electrons. The molecule has 0 aliphatic carbocycles. The van der Waals surface area contributed by atoms with Crippen LogP contribution in [0.5, 0.6) is 0 Å². The molecule has 4 aromatic rings. The van der Waals surface area contributed by atoms with E-state index < -0.39 is 0 Å². The van der Waals surface area contributed by atoms with Crippen LogP contribution in [0.1, 0.15) is 0 Å². The van der Waals surface area contributed by atoms with E-state index in [-0.39, 0.29) is 6.03 Å². The van der Waals surface area contributed by atoms with Crippen molar-refractivity contribution >= 4 is 39.8 Å². The monoisotopic (exact) mass is 355 g/mol. The molecule has 1 heterocycles. The molecule has 0 aliphatic heterocycles. The maximum Gasteiger partial charge on any atom is 0.323 e. The van der Waals surface area contributed by atoms with Gasteiger partial charge in [-0.2, -0.15) is 0 Å². The summed E-state index contributed by atoms with van der Waals surface area (Å²) in [7, 11) is 0. The van der Waals surface area contributed by atoms with Gasteiger partial charge in [0.1, 0.15) is 12.1 Å². The summed E-state index contributed by atoms with van der Waals surface area (Å²) >= 11 is 0. The van der Waals surface area contributed by atoms with Gasteiger partial charge < -0.3 is 16.0 Å². The minimum Gasteiger partial charge on any atom is -0.340 e. The summed E-state index contributed by atoms with van der Waals surface area (Å²) in [6.45, 7) is 0. The Bertz CT molecular complexity index is 1070. The molecule has 6 heteroatoms. The Morgan fingerprint density at radius 3 is 2.11 bits per heavy atom. The molecule has 0 aliphatic rings. The molecule has 0 atom stereocenters. The van der Waals surface area contributed by atoms with Crippen LogP contribution in [-0.2, 0) is 0 Å². The fourth-order valence-electron chi connectivity index (χ4n) is 2.71. The first kappa shape index (κ1) is 16.5. The lowest BCUT2D eigenvalue weighted by Crippen LogP contribution is -2.19. The second-order valence-corrected chi connectivity index (χ2v) is 5.89. The van der Waals surface area contributed by atoms with Crippen molar-refractivity contribution in [2.75, 3.05) is 16.0 Å². The van der Waals surface area contributed by atoms with Crippen LogP contribution in [0.15, 0.2) is 85.2 Å². The Kier molecular flexibility index (Phi) is 4.61. The Labute approximate surface area is 156 Å². The van der Waals surface area contributed by atoms with Crippen LogP contribution < -0.4 is 16.0 Å². The maximum absolute atomic E-state index is 12.2. The minimum absolute atomic E-state index is 0.310. The lowest BCUT2D eigenvalue weighted by Gasteiger charge is -2.11. The summed E-state index contributed by atoms with van der Waals surface area (Å²) in [6.07, 6.45) is 1.52. The van der Waals surface area contributed by atoms with Crippen LogP contribution >= 0.6 is 0 Å². The predicted molar refractivity (Wildman–Crippen MR) is 108 cm³/mol. The molecule has 3 aromatic carbocycles. The highest BCUT2D eigenvalue weighted by Crippen LogP contribution is 2.25. The number of anilines is 4. The lowest BCUT2D eigenvalue weighted by molar-refractivity contribution is 0.262. The molecular weight excluding hydrogens is 338 g/mol.